The lowest BCUT2D eigenvalue weighted by atomic mass is 9.96. The van der Waals surface area contributed by atoms with E-state index >= 15 is 0 Å². The van der Waals surface area contributed by atoms with Gasteiger partial charge in [0.05, 0.1) is 29.6 Å². The number of ketones is 1. The largest absolute Gasteiger partial charge is 0.505 e. The third kappa shape index (κ3) is 4.06. The van der Waals surface area contributed by atoms with Gasteiger partial charge in [0.25, 0.3) is 5.78 Å². The number of carbonyl (C=O) groups excluding carboxylic acids is 3. The number of rotatable bonds is 5. The third-order valence-electron chi connectivity index (χ3n) is 6.39. The van der Waals surface area contributed by atoms with E-state index in [1.54, 1.807) is 45.0 Å². The van der Waals surface area contributed by atoms with Crippen LogP contribution in [-0.4, -0.2) is 43.7 Å². The Bertz CT molecular complexity index is 1650. The van der Waals surface area contributed by atoms with Crippen LogP contribution in [-0.2, 0) is 14.3 Å². The smallest absolute Gasteiger partial charge is 0.350 e. The number of aliphatic hydroxyl groups excluding tert-OH is 1. The highest BCUT2D eigenvalue weighted by Crippen LogP contribution is 2.44. The zero-order valence-corrected chi connectivity index (χ0v) is 22.6. The van der Waals surface area contributed by atoms with E-state index in [1.807, 2.05) is 29.7 Å². The molecule has 0 aliphatic carbocycles. The van der Waals surface area contributed by atoms with Crippen molar-refractivity contribution in [1.29, 1.82) is 0 Å². The summed E-state index contributed by atoms with van der Waals surface area (Å²) in [4.78, 5) is 49.8. The lowest BCUT2D eigenvalue weighted by Crippen LogP contribution is -2.29. The number of nitrogens with zero attached hydrogens (tertiary/aromatic N) is 4. The molecule has 1 aliphatic rings. The van der Waals surface area contributed by atoms with Gasteiger partial charge in [0.15, 0.2) is 10.9 Å². The molecule has 4 heterocycles. The van der Waals surface area contributed by atoms with Crippen molar-refractivity contribution in [3.63, 3.8) is 0 Å². The maximum Gasteiger partial charge on any atom is 0.350 e. The van der Waals surface area contributed by atoms with E-state index in [4.69, 9.17) is 16.3 Å². The fraction of sp³-hybridized carbons (Fsp3) is 0.222. The summed E-state index contributed by atoms with van der Waals surface area (Å²) in [5, 5.41) is 12.1. The van der Waals surface area contributed by atoms with Gasteiger partial charge in [-0.05, 0) is 57.0 Å². The maximum absolute atomic E-state index is 13.5. The Kier molecular flexibility index (Phi) is 6.54. The number of halogens is 1. The van der Waals surface area contributed by atoms with E-state index in [0.717, 1.165) is 16.9 Å². The molecule has 3 aromatic heterocycles. The molecule has 9 nitrogen and oxygen atoms in total. The standard InChI is InChI=1S/C27H23ClN4O5S/c1-5-37-26(36)23-14(3)29-27(38-23)32-20(16-8-10-17(28)11-9-16)18(22(34)25(32)35)21(33)19-15(4)31-12-6-7-13(2)24(31)30-19/h6-12,20,33H,5H2,1-4H3/b21-18+. The number of carbonyl (C=O) groups is 3. The van der Waals surface area contributed by atoms with Crippen molar-refractivity contribution in [3.8, 4) is 0 Å². The highest BCUT2D eigenvalue weighted by atomic mass is 35.5. The summed E-state index contributed by atoms with van der Waals surface area (Å²) in [6.45, 7) is 7.17. The van der Waals surface area contributed by atoms with Crippen LogP contribution < -0.4 is 4.90 Å². The second kappa shape index (κ2) is 9.70. The lowest BCUT2D eigenvalue weighted by molar-refractivity contribution is -0.132. The number of aliphatic hydroxyl groups is 1. The lowest BCUT2D eigenvalue weighted by Gasteiger charge is -2.22. The van der Waals surface area contributed by atoms with E-state index in [1.165, 1.54) is 4.90 Å². The molecule has 1 N–H and O–H groups in total. The predicted molar refractivity (Wildman–Crippen MR) is 144 cm³/mol. The van der Waals surface area contributed by atoms with Crippen LogP contribution >= 0.6 is 22.9 Å². The molecule has 4 aromatic rings. The normalized spacial score (nSPS) is 17.0. The summed E-state index contributed by atoms with van der Waals surface area (Å²) < 4.78 is 6.93. The van der Waals surface area contributed by atoms with Gasteiger partial charge in [-0.15, -0.1) is 0 Å². The Hall–Kier alpha value is -4.02. The van der Waals surface area contributed by atoms with Crippen molar-refractivity contribution < 1.29 is 24.2 Å². The van der Waals surface area contributed by atoms with E-state index < -0.39 is 29.5 Å². The first-order chi connectivity index (χ1) is 18.1. The first kappa shape index (κ1) is 25.6. The number of fused-ring (bicyclic) bond motifs is 1. The fourth-order valence-electron chi connectivity index (χ4n) is 4.54. The minimum Gasteiger partial charge on any atom is -0.505 e. The first-order valence-electron chi connectivity index (χ1n) is 11.8. The van der Waals surface area contributed by atoms with Gasteiger partial charge >= 0.3 is 11.9 Å². The Morgan fingerprint density at radius 3 is 2.50 bits per heavy atom. The van der Waals surface area contributed by atoms with Gasteiger partial charge in [0.1, 0.15) is 16.2 Å². The molecule has 1 aromatic carbocycles. The second-order valence-corrected chi connectivity index (χ2v) is 10.2. The zero-order chi connectivity index (χ0) is 27.3. The Balaban J connectivity index is 1.73. The Labute approximate surface area is 227 Å². The van der Waals surface area contributed by atoms with Crippen LogP contribution in [0.15, 0.2) is 48.2 Å². The van der Waals surface area contributed by atoms with Crippen molar-refractivity contribution in [2.45, 2.75) is 33.7 Å². The number of ether oxygens (including phenoxy) is 1. The summed E-state index contributed by atoms with van der Waals surface area (Å²) in [6.07, 6.45) is 1.81. The number of pyridine rings is 1. The molecule has 1 amide bonds. The highest BCUT2D eigenvalue weighted by Gasteiger charge is 2.49. The Morgan fingerprint density at radius 2 is 1.84 bits per heavy atom. The highest BCUT2D eigenvalue weighted by molar-refractivity contribution is 7.17. The zero-order valence-electron chi connectivity index (χ0n) is 21.0. The van der Waals surface area contributed by atoms with Crippen molar-refractivity contribution in [2.24, 2.45) is 0 Å². The molecular formula is C27H23ClN4O5S. The molecular weight excluding hydrogens is 528 g/mol. The predicted octanol–water partition coefficient (Wildman–Crippen LogP) is 5.17. The van der Waals surface area contributed by atoms with E-state index in [2.05, 4.69) is 9.97 Å². The number of imidazole rings is 1. The molecule has 0 saturated carbocycles. The van der Waals surface area contributed by atoms with Gasteiger partial charge in [-0.25, -0.2) is 14.8 Å². The molecule has 1 unspecified atom stereocenters. The number of benzene rings is 1. The molecule has 1 aliphatic heterocycles. The van der Waals surface area contributed by atoms with Gasteiger partial charge in [0.2, 0.25) is 0 Å². The number of hydrogen-bond acceptors (Lipinski definition) is 8. The minimum absolute atomic E-state index is 0.132. The molecule has 1 fully saturated rings. The molecule has 11 heteroatoms. The number of amides is 1. The topological polar surface area (TPSA) is 114 Å². The second-order valence-electron chi connectivity index (χ2n) is 8.78. The van der Waals surface area contributed by atoms with Gasteiger partial charge in [-0.2, -0.15) is 0 Å². The number of anilines is 1. The van der Waals surface area contributed by atoms with Gasteiger partial charge in [0, 0.05) is 11.2 Å². The van der Waals surface area contributed by atoms with Gasteiger partial charge in [-0.3, -0.25) is 14.5 Å². The number of aromatic nitrogens is 3. The molecule has 5 rings (SSSR count). The number of thiazole rings is 1. The summed E-state index contributed by atoms with van der Waals surface area (Å²) in [6, 6.07) is 9.34. The monoisotopic (exact) mass is 550 g/mol. The minimum atomic E-state index is -1.03. The van der Waals surface area contributed by atoms with Crippen LogP contribution in [0.25, 0.3) is 11.4 Å². The maximum atomic E-state index is 13.5. The fourth-order valence-corrected chi connectivity index (χ4v) is 5.65. The summed E-state index contributed by atoms with van der Waals surface area (Å²) in [7, 11) is 0. The number of Topliss-reactive ketones (excluding diaryl/α,β-unsaturated/α-hetero) is 1. The van der Waals surface area contributed by atoms with Crippen LogP contribution in [0.4, 0.5) is 5.13 Å². The van der Waals surface area contributed by atoms with E-state index in [0.29, 0.717) is 27.6 Å². The van der Waals surface area contributed by atoms with Gasteiger partial charge < -0.3 is 14.2 Å². The molecule has 38 heavy (non-hydrogen) atoms. The molecule has 0 radical (unpaired) electrons. The summed E-state index contributed by atoms with van der Waals surface area (Å²) >= 11 is 7.06. The molecule has 194 valence electrons. The van der Waals surface area contributed by atoms with Crippen LogP contribution in [0, 0.1) is 20.8 Å². The van der Waals surface area contributed by atoms with E-state index in [9.17, 15) is 19.5 Å². The van der Waals surface area contributed by atoms with Crippen LogP contribution in [0.3, 0.4) is 0 Å². The summed E-state index contributed by atoms with van der Waals surface area (Å²) in [5.41, 5.74) is 3.07. The average Bonchev–Trinajstić information content (AvgIpc) is 3.52. The van der Waals surface area contributed by atoms with E-state index in [-0.39, 0.29) is 27.9 Å². The number of esters is 1. The molecule has 1 atom stereocenters. The molecule has 1 saturated heterocycles. The third-order valence-corrected chi connectivity index (χ3v) is 7.78. The Morgan fingerprint density at radius 1 is 1.13 bits per heavy atom. The SMILES string of the molecule is CCOC(=O)c1sc(N2C(=O)C(=O)/C(=C(/O)c3nc4c(C)cccn4c3C)C2c2ccc(Cl)cc2)nc1C. The molecule has 0 spiro atoms. The quantitative estimate of drug-likeness (QED) is 0.158. The van der Waals surface area contributed by atoms with Crippen LogP contribution in [0.1, 0.15) is 50.8 Å². The first-order valence-corrected chi connectivity index (χ1v) is 13.0. The van der Waals surface area contributed by atoms with Crippen molar-refractivity contribution in [2.75, 3.05) is 11.5 Å². The van der Waals surface area contributed by atoms with Crippen LogP contribution in [0.5, 0.6) is 0 Å². The van der Waals surface area contributed by atoms with Crippen molar-refractivity contribution >= 4 is 57.1 Å². The van der Waals surface area contributed by atoms with Gasteiger partial charge in [-0.1, -0.05) is 41.1 Å². The van der Waals surface area contributed by atoms with Crippen molar-refractivity contribution in [3.05, 3.63) is 86.3 Å². The average molecular weight is 551 g/mol. The van der Waals surface area contributed by atoms with Crippen molar-refractivity contribution in [1.82, 2.24) is 14.4 Å². The number of hydrogen-bond donors (Lipinski definition) is 1. The molecule has 0 bridgehead atoms. The summed E-state index contributed by atoms with van der Waals surface area (Å²) in [5.74, 6) is -2.73. The number of aryl methyl sites for hydroxylation is 3. The van der Waals surface area contributed by atoms with Crippen LogP contribution in [0.2, 0.25) is 5.02 Å².